The molecule has 1 N–H and O–H groups in total. The Morgan fingerprint density at radius 2 is 1.95 bits per heavy atom. The lowest BCUT2D eigenvalue weighted by molar-refractivity contribution is 0.595. The van der Waals surface area contributed by atoms with Crippen LogP contribution in [0.3, 0.4) is 0 Å². The zero-order valence-corrected chi connectivity index (χ0v) is 13.6. The Hall–Kier alpha value is -1.64. The second-order valence-corrected chi connectivity index (χ2v) is 6.58. The zero-order chi connectivity index (χ0) is 14.8. The molecule has 3 aromatic rings. The molecule has 0 amide bonds. The molecule has 1 heterocycles. The Labute approximate surface area is 130 Å². The number of hydrogen-bond acceptors (Lipinski definition) is 2. The van der Waals surface area contributed by atoms with Gasteiger partial charge >= 0.3 is 0 Å². The second kappa shape index (κ2) is 6.00. The van der Waals surface area contributed by atoms with Gasteiger partial charge in [0.1, 0.15) is 0 Å². The second-order valence-electron chi connectivity index (χ2n) is 5.66. The van der Waals surface area contributed by atoms with Crippen LogP contribution in [-0.2, 0) is 6.42 Å². The lowest BCUT2D eigenvalue weighted by Crippen LogP contribution is -2.19. The van der Waals surface area contributed by atoms with Crippen LogP contribution in [-0.4, -0.2) is 7.05 Å². The molecule has 0 spiro atoms. The molecule has 0 fully saturated rings. The summed E-state index contributed by atoms with van der Waals surface area (Å²) in [5, 5.41) is 7.03. The van der Waals surface area contributed by atoms with E-state index < -0.39 is 0 Å². The van der Waals surface area contributed by atoms with Crippen molar-refractivity contribution in [2.24, 2.45) is 0 Å². The third-order valence-corrected chi connectivity index (χ3v) is 5.14. The van der Waals surface area contributed by atoms with Gasteiger partial charge in [0.05, 0.1) is 0 Å². The molecule has 0 aliphatic heterocycles. The van der Waals surface area contributed by atoms with Gasteiger partial charge in [-0.15, -0.1) is 11.3 Å². The number of likely N-dealkylation sites (N-methyl/N-ethyl adjacent to an activating group) is 1. The number of hydrogen-bond donors (Lipinski definition) is 1. The molecule has 1 aromatic heterocycles. The van der Waals surface area contributed by atoms with Crippen LogP contribution in [0.15, 0.2) is 47.8 Å². The van der Waals surface area contributed by atoms with Crippen LogP contribution < -0.4 is 5.32 Å². The molecule has 1 nitrogen and oxygen atoms in total. The van der Waals surface area contributed by atoms with Crippen LogP contribution in [0.2, 0.25) is 0 Å². The van der Waals surface area contributed by atoms with Crippen LogP contribution in [0.1, 0.15) is 28.3 Å². The maximum absolute atomic E-state index is 3.50. The Morgan fingerprint density at radius 1 is 1.10 bits per heavy atom. The largest absolute Gasteiger partial charge is 0.313 e. The van der Waals surface area contributed by atoms with E-state index in [4.69, 9.17) is 0 Å². The van der Waals surface area contributed by atoms with Crippen molar-refractivity contribution in [1.29, 1.82) is 0 Å². The van der Waals surface area contributed by atoms with E-state index in [1.54, 1.807) is 0 Å². The van der Waals surface area contributed by atoms with Crippen molar-refractivity contribution in [2.75, 3.05) is 7.05 Å². The molecular weight excluding hydrogens is 274 g/mol. The van der Waals surface area contributed by atoms with Crippen LogP contribution in [0.5, 0.6) is 0 Å². The number of nitrogens with one attached hydrogen (secondary N) is 1. The van der Waals surface area contributed by atoms with E-state index in [2.05, 4.69) is 74.1 Å². The number of benzene rings is 2. The Bertz CT molecular complexity index is 757. The summed E-state index contributed by atoms with van der Waals surface area (Å²) < 4.78 is 1.40. The van der Waals surface area contributed by atoms with Crippen molar-refractivity contribution in [3.05, 3.63) is 70.1 Å². The molecule has 0 saturated carbocycles. The lowest BCUT2D eigenvalue weighted by Gasteiger charge is -2.19. The van der Waals surface area contributed by atoms with Crippen LogP contribution in [0.4, 0.5) is 0 Å². The standard InChI is InChI=1S/C19H21NS/c1-13-7-8-14(2)16(11-13)12-18(20-3)17-6-4-5-15-9-10-21-19(15)17/h4-11,18,20H,12H2,1-3H3. The predicted octanol–water partition coefficient (Wildman–Crippen LogP) is 5.02. The highest BCUT2D eigenvalue weighted by Gasteiger charge is 2.15. The molecule has 3 rings (SSSR count). The quantitative estimate of drug-likeness (QED) is 0.712. The summed E-state index contributed by atoms with van der Waals surface area (Å²) in [6.07, 6.45) is 1.03. The highest BCUT2D eigenvalue weighted by atomic mass is 32.1. The molecule has 1 atom stereocenters. The number of rotatable bonds is 4. The number of thiophene rings is 1. The van der Waals surface area contributed by atoms with E-state index >= 15 is 0 Å². The van der Waals surface area contributed by atoms with Crippen LogP contribution >= 0.6 is 11.3 Å². The first kappa shape index (κ1) is 14.3. The topological polar surface area (TPSA) is 12.0 Å². The predicted molar refractivity (Wildman–Crippen MR) is 93.2 cm³/mol. The molecule has 2 heteroatoms. The van der Waals surface area contributed by atoms with E-state index in [9.17, 15) is 0 Å². The highest BCUT2D eigenvalue weighted by Crippen LogP contribution is 2.31. The third-order valence-electron chi connectivity index (χ3n) is 4.16. The molecule has 0 aliphatic carbocycles. The molecule has 0 radical (unpaired) electrons. The van der Waals surface area contributed by atoms with Gasteiger partial charge in [-0.25, -0.2) is 0 Å². The van der Waals surface area contributed by atoms with Gasteiger partial charge < -0.3 is 5.32 Å². The van der Waals surface area contributed by atoms with Crippen molar-refractivity contribution in [2.45, 2.75) is 26.3 Å². The van der Waals surface area contributed by atoms with Gasteiger partial charge in [-0.2, -0.15) is 0 Å². The maximum Gasteiger partial charge on any atom is 0.0390 e. The molecular formula is C19H21NS. The minimum atomic E-state index is 0.354. The zero-order valence-electron chi connectivity index (χ0n) is 12.8. The average Bonchev–Trinajstić information content (AvgIpc) is 2.96. The van der Waals surface area contributed by atoms with E-state index in [1.807, 2.05) is 11.3 Å². The Balaban J connectivity index is 1.99. The fourth-order valence-electron chi connectivity index (χ4n) is 2.90. The van der Waals surface area contributed by atoms with Gasteiger partial charge in [0.2, 0.25) is 0 Å². The maximum atomic E-state index is 3.50. The van der Waals surface area contributed by atoms with Gasteiger partial charge in [-0.3, -0.25) is 0 Å². The molecule has 2 aromatic carbocycles. The average molecular weight is 295 g/mol. The fourth-order valence-corrected chi connectivity index (χ4v) is 3.87. The molecule has 21 heavy (non-hydrogen) atoms. The highest BCUT2D eigenvalue weighted by molar-refractivity contribution is 7.17. The van der Waals surface area contributed by atoms with E-state index in [0.717, 1.165) is 6.42 Å². The van der Waals surface area contributed by atoms with Crippen molar-refractivity contribution >= 4 is 21.4 Å². The van der Waals surface area contributed by atoms with Crippen LogP contribution in [0.25, 0.3) is 10.1 Å². The number of fused-ring (bicyclic) bond motifs is 1. The minimum Gasteiger partial charge on any atom is -0.313 e. The van der Waals surface area contributed by atoms with Crippen molar-refractivity contribution in [1.82, 2.24) is 5.32 Å². The lowest BCUT2D eigenvalue weighted by atomic mass is 9.94. The first-order valence-electron chi connectivity index (χ1n) is 7.38. The Kier molecular flexibility index (Phi) is 4.09. The summed E-state index contributed by atoms with van der Waals surface area (Å²) in [6, 6.07) is 15.9. The molecule has 0 aliphatic rings. The van der Waals surface area contributed by atoms with E-state index in [-0.39, 0.29) is 0 Å². The van der Waals surface area contributed by atoms with Gasteiger partial charge in [0, 0.05) is 10.7 Å². The van der Waals surface area contributed by atoms with E-state index in [1.165, 1.54) is 32.3 Å². The summed E-state index contributed by atoms with van der Waals surface area (Å²) in [5.41, 5.74) is 5.55. The summed E-state index contributed by atoms with van der Waals surface area (Å²) in [5.74, 6) is 0. The molecule has 108 valence electrons. The first-order valence-corrected chi connectivity index (χ1v) is 8.26. The SMILES string of the molecule is CNC(Cc1cc(C)ccc1C)c1cccc2ccsc12. The summed E-state index contributed by atoms with van der Waals surface area (Å²) in [7, 11) is 2.06. The fraction of sp³-hybridized carbons (Fsp3) is 0.263. The number of aryl methyl sites for hydroxylation is 2. The van der Waals surface area contributed by atoms with Crippen molar-refractivity contribution in [3.8, 4) is 0 Å². The summed E-state index contributed by atoms with van der Waals surface area (Å²) >= 11 is 1.84. The molecule has 0 bridgehead atoms. The first-order chi connectivity index (χ1) is 10.2. The van der Waals surface area contributed by atoms with Crippen LogP contribution in [0, 0.1) is 13.8 Å². The smallest absolute Gasteiger partial charge is 0.0390 e. The summed E-state index contributed by atoms with van der Waals surface area (Å²) in [4.78, 5) is 0. The van der Waals surface area contributed by atoms with Crippen molar-refractivity contribution < 1.29 is 0 Å². The van der Waals surface area contributed by atoms with Gasteiger partial charge in [-0.1, -0.05) is 42.0 Å². The Morgan fingerprint density at radius 3 is 2.76 bits per heavy atom. The van der Waals surface area contributed by atoms with Crippen molar-refractivity contribution in [3.63, 3.8) is 0 Å². The van der Waals surface area contributed by atoms with Gasteiger partial charge in [0.15, 0.2) is 0 Å². The monoisotopic (exact) mass is 295 g/mol. The summed E-state index contributed by atoms with van der Waals surface area (Å²) in [6.45, 7) is 4.37. The van der Waals surface area contributed by atoms with Gasteiger partial charge in [-0.05, 0) is 60.8 Å². The molecule has 1 unspecified atom stereocenters. The van der Waals surface area contributed by atoms with Gasteiger partial charge in [0.25, 0.3) is 0 Å². The third kappa shape index (κ3) is 2.87. The molecule has 0 saturated heterocycles. The van der Waals surface area contributed by atoms with E-state index in [0.29, 0.717) is 6.04 Å². The normalized spacial score (nSPS) is 12.7. The minimum absolute atomic E-state index is 0.354.